The van der Waals surface area contributed by atoms with E-state index < -0.39 is 5.97 Å². The Morgan fingerprint density at radius 1 is 1.08 bits per heavy atom. The van der Waals surface area contributed by atoms with Crippen molar-refractivity contribution in [2.75, 3.05) is 7.11 Å². The Balaban J connectivity index is 2.04. The van der Waals surface area contributed by atoms with E-state index in [4.69, 9.17) is 16.3 Å². The van der Waals surface area contributed by atoms with E-state index in [1.165, 1.54) is 7.11 Å². The Labute approximate surface area is 143 Å². The molecule has 5 nitrogen and oxygen atoms in total. The maximum atomic E-state index is 11.7. The number of rotatable bonds is 3. The third-order valence-corrected chi connectivity index (χ3v) is 3.82. The maximum absolute atomic E-state index is 11.7. The number of fused-ring (bicyclic) bond motifs is 1. The number of aryl methyl sites for hydroxylation is 1. The van der Waals surface area contributed by atoms with E-state index >= 15 is 0 Å². The molecule has 0 atom stereocenters. The zero-order valence-corrected chi connectivity index (χ0v) is 13.8. The summed E-state index contributed by atoms with van der Waals surface area (Å²) in [5, 5.41) is 12.1. The number of benzene rings is 2. The number of carbonyl (C=O) groups excluding carboxylic acids is 1. The number of pyridine rings is 1. The molecule has 0 bridgehead atoms. The van der Waals surface area contributed by atoms with E-state index in [1.807, 2.05) is 0 Å². The summed E-state index contributed by atoms with van der Waals surface area (Å²) in [6.45, 7) is 1.75. The minimum absolute atomic E-state index is 0.103. The first kappa shape index (κ1) is 16.1. The number of hydrogen-bond acceptors (Lipinski definition) is 5. The molecule has 3 rings (SSSR count). The van der Waals surface area contributed by atoms with Crippen LogP contribution in [0.2, 0.25) is 5.02 Å². The molecule has 0 saturated carbocycles. The van der Waals surface area contributed by atoms with Crippen LogP contribution in [0.3, 0.4) is 0 Å². The van der Waals surface area contributed by atoms with Crippen LogP contribution in [0.5, 0.6) is 17.2 Å². The fourth-order valence-corrected chi connectivity index (χ4v) is 2.50. The summed E-state index contributed by atoms with van der Waals surface area (Å²) in [5.41, 5.74) is 0.485. The lowest BCUT2D eigenvalue weighted by Gasteiger charge is -2.11. The van der Waals surface area contributed by atoms with Crippen molar-refractivity contribution in [2.45, 2.75) is 6.92 Å². The number of aromatic hydroxyl groups is 1. The van der Waals surface area contributed by atoms with Crippen LogP contribution in [0.4, 0.5) is 0 Å². The summed E-state index contributed by atoms with van der Waals surface area (Å²) in [6.07, 6.45) is 0. The van der Waals surface area contributed by atoms with Gasteiger partial charge in [-0.3, -0.25) is 0 Å². The molecule has 0 amide bonds. The molecule has 3 aromatic rings. The van der Waals surface area contributed by atoms with E-state index in [-0.39, 0.29) is 11.4 Å². The summed E-state index contributed by atoms with van der Waals surface area (Å²) in [4.78, 5) is 15.8. The van der Waals surface area contributed by atoms with Crippen molar-refractivity contribution >= 4 is 28.3 Å². The van der Waals surface area contributed by atoms with Crippen molar-refractivity contribution in [3.8, 4) is 17.2 Å². The van der Waals surface area contributed by atoms with Gasteiger partial charge in [0.2, 0.25) is 0 Å². The molecule has 1 heterocycles. The van der Waals surface area contributed by atoms with E-state index in [9.17, 15) is 9.90 Å². The van der Waals surface area contributed by atoms with Crippen LogP contribution in [0.25, 0.3) is 10.8 Å². The largest absolute Gasteiger partial charge is 0.505 e. The summed E-state index contributed by atoms with van der Waals surface area (Å²) in [7, 11) is 1.24. The molecule has 0 saturated heterocycles. The van der Waals surface area contributed by atoms with Gasteiger partial charge in [-0.1, -0.05) is 11.6 Å². The number of esters is 1. The molecule has 0 aliphatic carbocycles. The average molecular weight is 344 g/mol. The Morgan fingerprint density at radius 2 is 1.75 bits per heavy atom. The fourth-order valence-electron chi connectivity index (χ4n) is 2.38. The summed E-state index contributed by atoms with van der Waals surface area (Å²) < 4.78 is 10.4. The van der Waals surface area contributed by atoms with Gasteiger partial charge < -0.3 is 14.6 Å². The van der Waals surface area contributed by atoms with Crippen LogP contribution in [0.1, 0.15) is 16.2 Å². The van der Waals surface area contributed by atoms with Crippen molar-refractivity contribution in [2.24, 2.45) is 0 Å². The van der Waals surface area contributed by atoms with Gasteiger partial charge >= 0.3 is 5.97 Å². The first-order valence-corrected chi connectivity index (χ1v) is 7.52. The molecule has 6 heteroatoms. The molecule has 0 spiro atoms. The second-order valence-corrected chi connectivity index (χ2v) is 5.59. The lowest BCUT2D eigenvalue weighted by molar-refractivity contribution is 0.0590. The van der Waals surface area contributed by atoms with Gasteiger partial charge in [-0.25, -0.2) is 9.78 Å². The first-order valence-electron chi connectivity index (χ1n) is 7.14. The highest BCUT2D eigenvalue weighted by Gasteiger charge is 2.18. The SMILES string of the molecule is COC(=O)c1nc(C)c2cc(Oc3ccc(Cl)cc3)ccc2c1O. The molecule has 122 valence electrons. The summed E-state index contributed by atoms with van der Waals surface area (Å²) in [6, 6.07) is 12.1. The highest BCUT2D eigenvalue weighted by Crippen LogP contribution is 2.33. The molecule has 0 radical (unpaired) electrons. The van der Waals surface area contributed by atoms with Gasteiger partial charge in [-0.05, 0) is 49.4 Å². The molecule has 24 heavy (non-hydrogen) atoms. The maximum Gasteiger partial charge on any atom is 0.360 e. The molecule has 1 N–H and O–H groups in total. The van der Waals surface area contributed by atoms with Gasteiger partial charge in [-0.15, -0.1) is 0 Å². The van der Waals surface area contributed by atoms with Gasteiger partial charge in [0.1, 0.15) is 11.5 Å². The predicted molar refractivity (Wildman–Crippen MR) is 91.0 cm³/mol. The van der Waals surface area contributed by atoms with E-state index in [1.54, 1.807) is 49.4 Å². The number of hydrogen-bond donors (Lipinski definition) is 1. The number of ether oxygens (including phenoxy) is 2. The minimum atomic E-state index is -0.681. The lowest BCUT2D eigenvalue weighted by Crippen LogP contribution is -2.06. The number of methoxy groups -OCH3 is 1. The average Bonchev–Trinajstić information content (AvgIpc) is 2.59. The molecule has 0 fully saturated rings. The van der Waals surface area contributed by atoms with Crippen molar-refractivity contribution in [3.63, 3.8) is 0 Å². The lowest BCUT2D eigenvalue weighted by atomic mass is 10.1. The zero-order valence-electron chi connectivity index (χ0n) is 13.0. The topological polar surface area (TPSA) is 68.7 Å². The molecule has 0 unspecified atom stereocenters. The van der Waals surface area contributed by atoms with Crippen molar-refractivity contribution in [1.82, 2.24) is 4.98 Å². The Morgan fingerprint density at radius 3 is 2.42 bits per heavy atom. The quantitative estimate of drug-likeness (QED) is 0.710. The monoisotopic (exact) mass is 343 g/mol. The Hall–Kier alpha value is -2.79. The van der Waals surface area contributed by atoms with Crippen LogP contribution < -0.4 is 4.74 Å². The zero-order chi connectivity index (χ0) is 17.3. The van der Waals surface area contributed by atoms with Crippen molar-refractivity contribution in [3.05, 3.63) is 58.9 Å². The van der Waals surface area contributed by atoms with Crippen LogP contribution in [0.15, 0.2) is 42.5 Å². The van der Waals surface area contributed by atoms with Gasteiger partial charge in [-0.2, -0.15) is 0 Å². The highest BCUT2D eigenvalue weighted by molar-refractivity contribution is 6.30. The van der Waals surface area contributed by atoms with Gasteiger partial charge in [0.05, 0.1) is 7.11 Å². The van der Waals surface area contributed by atoms with E-state index in [2.05, 4.69) is 9.72 Å². The second-order valence-electron chi connectivity index (χ2n) is 5.15. The van der Waals surface area contributed by atoms with Crippen LogP contribution in [0, 0.1) is 6.92 Å². The fraction of sp³-hybridized carbons (Fsp3) is 0.111. The van der Waals surface area contributed by atoms with Crippen molar-refractivity contribution in [1.29, 1.82) is 0 Å². The smallest absolute Gasteiger partial charge is 0.360 e. The van der Waals surface area contributed by atoms with Gasteiger partial charge in [0.15, 0.2) is 11.4 Å². The standard InChI is InChI=1S/C18H14ClNO4/c1-10-15-9-13(24-12-5-3-11(19)4-6-12)7-8-14(15)17(21)16(20-10)18(22)23-2/h3-9,21H,1-2H3. The molecule has 2 aromatic carbocycles. The highest BCUT2D eigenvalue weighted by atomic mass is 35.5. The molecular weight excluding hydrogens is 330 g/mol. The second kappa shape index (κ2) is 6.37. The Kier molecular flexibility index (Phi) is 4.27. The van der Waals surface area contributed by atoms with E-state index in [0.717, 1.165) is 0 Å². The third-order valence-electron chi connectivity index (χ3n) is 3.57. The minimum Gasteiger partial charge on any atom is -0.505 e. The molecule has 0 aliphatic heterocycles. The van der Waals surface area contributed by atoms with Crippen molar-refractivity contribution < 1.29 is 19.4 Å². The number of nitrogens with zero attached hydrogens (tertiary/aromatic N) is 1. The van der Waals surface area contributed by atoms with Crippen LogP contribution in [-0.2, 0) is 4.74 Å². The van der Waals surface area contributed by atoms with Gasteiger partial charge in [0, 0.05) is 21.5 Å². The number of carbonyl (C=O) groups is 1. The predicted octanol–water partition coefficient (Wildman–Crippen LogP) is 4.48. The van der Waals surface area contributed by atoms with Crippen LogP contribution in [-0.4, -0.2) is 23.2 Å². The molecular formula is C18H14ClNO4. The summed E-state index contributed by atoms with van der Waals surface area (Å²) >= 11 is 5.85. The van der Waals surface area contributed by atoms with E-state index in [0.29, 0.717) is 33.0 Å². The molecule has 1 aromatic heterocycles. The molecule has 0 aliphatic rings. The third kappa shape index (κ3) is 2.98. The number of halogens is 1. The van der Waals surface area contributed by atoms with Gasteiger partial charge in [0.25, 0.3) is 0 Å². The Bertz CT molecular complexity index is 922. The normalized spacial score (nSPS) is 10.6. The number of aromatic nitrogens is 1. The van der Waals surface area contributed by atoms with Crippen LogP contribution >= 0.6 is 11.6 Å². The summed E-state index contributed by atoms with van der Waals surface area (Å²) in [5.74, 6) is 0.333. The first-order chi connectivity index (χ1) is 11.5.